The lowest BCUT2D eigenvalue weighted by molar-refractivity contribution is -0.282. The number of esters is 5. The van der Waals surface area contributed by atoms with Crippen LogP contribution in [0.4, 0.5) is 52.7 Å². The Labute approximate surface area is 599 Å². The molecule has 1 fully saturated rings. The minimum Gasteiger partial charge on any atom is -0.460 e. The maximum absolute atomic E-state index is 15.6. The van der Waals surface area contributed by atoms with Gasteiger partial charge in [-0.1, -0.05) is 218 Å². The molecule has 4 aromatic rings. The molecule has 0 N–H and O–H groups in total. The molecule has 2 heterocycles. The van der Waals surface area contributed by atoms with Crippen molar-refractivity contribution in [2.24, 2.45) is 0 Å². The minimum atomic E-state index is -5.53. The van der Waals surface area contributed by atoms with Crippen LogP contribution >= 0.6 is 0 Å². The molecule has 2 aliphatic rings. The summed E-state index contributed by atoms with van der Waals surface area (Å²) in [6.07, 6.45) is -20.3. The van der Waals surface area contributed by atoms with Crippen LogP contribution in [0.5, 0.6) is 0 Å². The molecule has 15 nitrogen and oxygen atoms in total. The van der Waals surface area contributed by atoms with E-state index < -0.39 is 155 Å². The lowest BCUT2D eigenvalue weighted by Crippen LogP contribution is -2.54. The van der Waals surface area contributed by atoms with E-state index in [0.29, 0.717) is 66.3 Å². The number of methoxy groups -OCH3 is 4. The summed E-state index contributed by atoms with van der Waals surface area (Å²) in [5, 5.41) is 0. The van der Waals surface area contributed by atoms with Gasteiger partial charge in [0.1, 0.15) is 30.5 Å². The van der Waals surface area contributed by atoms with E-state index >= 15 is 39.5 Å². The lowest BCUT2D eigenvalue weighted by Gasteiger charge is -2.36. The van der Waals surface area contributed by atoms with Crippen LogP contribution in [-0.4, -0.2) is 126 Å². The molecule has 1 saturated heterocycles. The summed E-state index contributed by atoms with van der Waals surface area (Å²) in [6.45, 7) is 3.69. The first kappa shape index (κ1) is 85.9. The van der Waals surface area contributed by atoms with Crippen molar-refractivity contribution in [2.75, 3.05) is 28.4 Å². The highest BCUT2D eigenvalue weighted by Gasteiger charge is 2.68. The SMILES string of the molecule is CCCCCCCCCCCC[C@H](OC(=O)[C@@](OC)(c1ccccc1)C(F)(F)F)[C@H]1CC[C@H]([C@@H](CC[C@H](CCCCCCCCC[C@H](CC2=C[C@H](C)OC2=O)OC(=O)[C@@](OC)(c2ccccc2)C(F)(F)F)OC(=O)[C@@](OC)(c2ccccc2)C(F)(F)F)OC(=O)[C@@](OC)(c2ccccc2)C(F)(F)F)O1. The van der Waals surface area contributed by atoms with E-state index in [1.54, 1.807) is 6.92 Å². The zero-order valence-corrected chi connectivity index (χ0v) is 59.5. The number of rotatable bonds is 44. The first-order valence-electron chi connectivity index (χ1n) is 35.5. The first-order chi connectivity index (χ1) is 49.4. The second-order valence-electron chi connectivity index (χ2n) is 26.3. The van der Waals surface area contributed by atoms with E-state index in [4.69, 9.17) is 47.4 Å². The average Bonchev–Trinajstić information content (AvgIpc) is 0.805. The van der Waals surface area contributed by atoms with E-state index in [-0.39, 0.29) is 56.9 Å². The molecule has 0 aromatic heterocycles. The van der Waals surface area contributed by atoms with Gasteiger partial charge in [0.15, 0.2) is 0 Å². The first-order valence-corrected chi connectivity index (χ1v) is 35.5. The Balaban J connectivity index is 1.27. The largest absolute Gasteiger partial charge is 0.460 e. The predicted octanol–water partition coefficient (Wildman–Crippen LogP) is 18.5. The molecule has 11 atom stereocenters. The van der Waals surface area contributed by atoms with Crippen LogP contribution in [0.3, 0.4) is 0 Å². The normalized spacial score (nSPS) is 19.4. The van der Waals surface area contributed by atoms with Crippen LogP contribution in [0.15, 0.2) is 133 Å². The summed E-state index contributed by atoms with van der Waals surface area (Å²) in [4.78, 5) is 69.8. The van der Waals surface area contributed by atoms with Gasteiger partial charge in [-0.3, -0.25) is 0 Å². The fraction of sp³-hybridized carbons (Fsp3) is 0.597. The highest BCUT2D eigenvalue weighted by molar-refractivity contribution is 5.91. The molecule has 27 heteroatoms. The zero-order chi connectivity index (χ0) is 76.4. The van der Waals surface area contributed by atoms with Gasteiger partial charge in [0.05, 0.1) is 12.2 Å². The van der Waals surface area contributed by atoms with Gasteiger partial charge in [-0.15, -0.1) is 0 Å². The molecule has 6 rings (SSSR count). The van der Waals surface area contributed by atoms with Gasteiger partial charge >= 0.3 is 54.6 Å². The number of hydrogen-bond donors (Lipinski definition) is 0. The number of halogens is 12. The molecule has 0 spiro atoms. The van der Waals surface area contributed by atoms with Crippen LogP contribution in [0, 0.1) is 0 Å². The summed E-state index contributed by atoms with van der Waals surface area (Å²) in [6, 6.07) is 23.8. The third-order valence-corrected chi connectivity index (χ3v) is 19.3. The Kier molecular flexibility index (Phi) is 32.6. The highest BCUT2D eigenvalue weighted by Crippen LogP contribution is 2.49. The Hall–Kier alpha value is -7.07. The maximum atomic E-state index is 15.6. The van der Waals surface area contributed by atoms with Crippen LogP contribution in [-0.2, 0) is 93.7 Å². The predicted molar refractivity (Wildman–Crippen MR) is 358 cm³/mol. The summed E-state index contributed by atoms with van der Waals surface area (Å²) >= 11 is 0. The molecule has 0 unspecified atom stereocenters. The smallest absolute Gasteiger partial charge is 0.432 e. The van der Waals surface area contributed by atoms with Crippen LogP contribution < -0.4 is 0 Å². The van der Waals surface area contributed by atoms with E-state index in [2.05, 4.69) is 6.92 Å². The van der Waals surface area contributed by atoms with Gasteiger partial charge in [-0.05, 0) is 77.2 Å². The number of ether oxygens (including phenoxy) is 10. The molecular weight excluding hydrogens is 1390 g/mol. The summed E-state index contributed by atoms with van der Waals surface area (Å²) in [5.74, 6) is -8.24. The molecule has 0 bridgehead atoms. The van der Waals surface area contributed by atoms with Gasteiger partial charge in [0.25, 0.3) is 22.4 Å². The molecule has 0 aliphatic carbocycles. The second-order valence-corrected chi connectivity index (χ2v) is 26.3. The molecule has 578 valence electrons. The number of hydrogen-bond acceptors (Lipinski definition) is 15. The Bertz CT molecular complexity index is 3300. The van der Waals surface area contributed by atoms with Crippen molar-refractivity contribution in [1.29, 1.82) is 0 Å². The Morgan fingerprint density at radius 2 is 0.683 bits per heavy atom. The van der Waals surface area contributed by atoms with Gasteiger partial charge in [0.2, 0.25) is 0 Å². The van der Waals surface area contributed by atoms with Crippen molar-refractivity contribution in [3.8, 4) is 0 Å². The topological polar surface area (TPSA) is 178 Å². The quantitative estimate of drug-likeness (QED) is 0.0177. The van der Waals surface area contributed by atoms with Crippen molar-refractivity contribution < 1.29 is 124 Å². The number of benzene rings is 4. The Morgan fingerprint density at radius 1 is 0.394 bits per heavy atom. The van der Waals surface area contributed by atoms with Crippen molar-refractivity contribution in [3.05, 3.63) is 155 Å². The number of alkyl halides is 12. The summed E-state index contributed by atoms with van der Waals surface area (Å²) in [5.41, 5.74) is -17.1. The van der Waals surface area contributed by atoms with Crippen LogP contribution in [0.2, 0.25) is 0 Å². The van der Waals surface area contributed by atoms with E-state index in [9.17, 15) is 37.1 Å². The molecule has 0 radical (unpaired) electrons. The standard InChI is InChI=1S/C77H96F12O15/c1-7-8-9-10-11-12-13-17-20-35-46-61(103-68(93)72(97-5,76(84,85)86)57-40-29-23-30-41-57)62-49-50-63(102-62)64(104-69(94)73(98-6,77(87,88)89)58-42-31-24-32-43-58)48-47-59(100-66(91)70(95-3,74(78,79)80)55-36-25-21-26-37-55)44-33-18-15-14-16-19-34-45-60(52-54-51-53(2)99-65(54)90)101-67(92)71(96-4,75(81,82)83)56-38-27-22-28-39-56/h21-32,36-43,51,53,59-64H,7-20,33-35,44-50,52H2,1-6H3/t53-,59-,60+,61-,62+,63+,64+,70-,71-,72-,73-/m0/s1. The molecule has 4 aromatic carbocycles. The summed E-state index contributed by atoms with van der Waals surface area (Å²) in [7, 11) is 2.70. The molecular formula is C77H96F12O15. The monoisotopic (exact) mass is 1490 g/mol. The van der Waals surface area contributed by atoms with E-state index in [1.807, 2.05) is 0 Å². The zero-order valence-electron chi connectivity index (χ0n) is 59.5. The van der Waals surface area contributed by atoms with Crippen molar-refractivity contribution >= 4 is 29.8 Å². The molecule has 2 aliphatic heterocycles. The van der Waals surface area contributed by atoms with E-state index in [1.165, 1.54) is 78.9 Å². The van der Waals surface area contributed by atoms with Crippen molar-refractivity contribution in [2.45, 2.75) is 264 Å². The number of carbonyl (C=O) groups is 5. The lowest BCUT2D eigenvalue weighted by atomic mass is 9.92. The van der Waals surface area contributed by atoms with Gasteiger partial charge in [-0.2, -0.15) is 52.7 Å². The van der Waals surface area contributed by atoms with E-state index in [0.717, 1.165) is 107 Å². The van der Waals surface area contributed by atoms with Crippen LogP contribution in [0.1, 0.15) is 197 Å². The second kappa shape index (κ2) is 39.5. The minimum absolute atomic E-state index is 0.00500. The summed E-state index contributed by atoms with van der Waals surface area (Å²) < 4.78 is 239. The number of carbonyl (C=O) groups excluding carboxylic acids is 5. The highest BCUT2D eigenvalue weighted by atomic mass is 19.4. The molecule has 0 amide bonds. The van der Waals surface area contributed by atoms with Crippen molar-refractivity contribution in [1.82, 2.24) is 0 Å². The van der Waals surface area contributed by atoms with Gasteiger partial charge < -0.3 is 47.4 Å². The average molecular weight is 1490 g/mol. The fourth-order valence-electron chi connectivity index (χ4n) is 13.6. The van der Waals surface area contributed by atoms with Gasteiger partial charge in [-0.25, -0.2) is 24.0 Å². The third kappa shape index (κ3) is 21.2. The molecule has 0 saturated carbocycles. The number of unbranched alkanes of at least 4 members (excludes halogenated alkanes) is 15. The maximum Gasteiger partial charge on any atom is 0.432 e. The Morgan fingerprint density at radius 3 is 0.990 bits per heavy atom. The van der Waals surface area contributed by atoms with Crippen molar-refractivity contribution in [3.63, 3.8) is 0 Å². The fourth-order valence-corrected chi connectivity index (χ4v) is 13.6. The molecule has 104 heavy (non-hydrogen) atoms. The third-order valence-electron chi connectivity index (χ3n) is 19.3. The van der Waals surface area contributed by atoms with Crippen LogP contribution in [0.25, 0.3) is 0 Å². The number of cyclic esters (lactones) is 1. The van der Waals surface area contributed by atoms with Gasteiger partial charge in [0, 0.05) is 62.7 Å².